The second kappa shape index (κ2) is 15.0. The summed E-state index contributed by atoms with van der Waals surface area (Å²) in [5.41, 5.74) is 2.17. The number of rotatable bonds is 13. The highest BCUT2D eigenvalue weighted by Crippen LogP contribution is 2.29. The van der Waals surface area contributed by atoms with Crippen molar-refractivity contribution in [1.82, 2.24) is 14.5 Å². The number of hydrogen-bond donors (Lipinski definition) is 4. The minimum Gasteiger partial charge on any atom is -0.508 e. The van der Waals surface area contributed by atoms with Crippen molar-refractivity contribution in [1.29, 1.82) is 0 Å². The van der Waals surface area contributed by atoms with E-state index >= 15 is 0 Å². The fourth-order valence-electron chi connectivity index (χ4n) is 5.77. The minimum atomic E-state index is -3.89. The summed E-state index contributed by atoms with van der Waals surface area (Å²) in [5, 5.41) is 26.3. The van der Waals surface area contributed by atoms with Crippen LogP contribution in [-0.4, -0.2) is 91.3 Å². The Balaban J connectivity index is 1.01. The Bertz CT molecular complexity index is 1500. The number of carbonyl (C=O) groups excluding carboxylic acids is 1. The fourth-order valence-corrected chi connectivity index (χ4v) is 7.42. The van der Waals surface area contributed by atoms with Gasteiger partial charge in [0.2, 0.25) is 15.9 Å². The highest BCUT2D eigenvalue weighted by atomic mass is 32.2. The summed E-state index contributed by atoms with van der Waals surface area (Å²) in [4.78, 5) is 15.2. The standard InChI is InChI=1S/C33H41FN4O6S/c34-25-5-13-31(14-6-25)45(42,43)38-19-1-2-32(38)33(41)37-20-16-27(17-21-37)36-26-7-3-24(4-8-26)15-18-35-22-29(40)23-44-30-11-9-28(39)10-12-30/h3-14,27,29,32,35-36,39-40H,1-2,15-23H2. The molecule has 2 saturated heterocycles. The molecule has 45 heavy (non-hydrogen) atoms. The third kappa shape index (κ3) is 8.72. The lowest BCUT2D eigenvalue weighted by Gasteiger charge is -2.35. The highest BCUT2D eigenvalue weighted by molar-refractivity contribution is 7.89. The summed E-state index contributed by atoms with van der Waals surface area (Å²) in [7, 11) is -3.89. The quantitative estimate of drug-likeness (QED) is 0.209. The van der Waals surface area contributed by atoms with Gasteiger partial charge in [-0.3, -0.25) is 4.79 Å². The van der Waals surface area contributed by atoms with Crippen molar-refractivity contribution in [2.24, 2.45) is 0 Å². The van der Waals surface area contributed by atoms with E-state index in [0.29, 0.717) is 44.8 Å². The SMILES string of the molecule is O=C(C1CCCN1S(=O)(=O)c1ccc(F)cc1)N1CCC(Nc2ccc(CCNCC(O)COc3ccc(O)cc3)cc2)CC1. The minimum absolute atomic E-state index is 0.000809. The van der Waals surface area contributed by atoms with E-state index in [1.54, 1.807) is 17.0 Å². The number of phenolic OH excluding ortho intramolecular Hbond substituents is 1. The topological polar surface area (TPSA) is 131 Å². The van der Waals surface area contributed by atoms with Crippen LogP contribution in [0, 0.1) is 5.82 Å². The first-order chi connectivity index (χ1) is 21.7. The average molecular weight is 641 g/mol. The molecular weight excluding hydrogens is 599 g/mol. The van der Waals surface area contributed by atoms with Gasteiger partial charge in [-0.25, -0.2) is 12.8 Å². The number of anilines is 1. The second-order valence-electron chi connectivity index (χ2n) is 11.6. The van der Waals surface area contributed by atoms with Gasteiger partial charge in [-0.05, 0) is 105 Å². The molecule has 12 heteroatoms. The van der Waals surface area contributed by atoms with Crippen LogP contribution in [0.3, 0.4) is 0 Å². The van der Waals surface area contributed by atoms with Crippen LogP contribution in [0.15, 0.2) is 77.7 Å². The average Bonchev–Trinajstić information content (AvgIpc) is 3.55. The Morgan fingerprint density at radius 3 is 2.33 bits per heavy atom. The highest BCUT2D eigenvalue weighted by Gasteiger charge is 2.41. The number of piperidine rings is 1. The largest absolute Gasteiger partial charge is 0.508 e. The number of carbonyl (C=O) groups is 1. The van der Waals surface area contributed by atoms with Gasteiger partial charge >= 0.3 is 0 Å². The van der Waals surface area contributed by atoms with Crippen molar-refractivity contribution in [2.45, 2.75) is 55.2 Å². The van der Waals surface area contributed by atoms with E-state index in [-0.39, 0.29) is 35.7 Å². The molecule has 0 saturated carbocycles. The summed E-state index contributed by atoms with van der Waals surface area (Å²) >= 11 is 0. The third-order valence-corrected chi connectivity index (χ3v) is 10.2. The summed E-state index contributed by atoms with van der Waals surface area (Å²) in [6.45, 7) is 2.64. The maximum atomic E-state index is 13.4. The Hall–Kier alpha value is -3.71. The van der Waals surface area contributed by atoms with E-state index in [1.165, 1.54) is 34.1 Å². The molecular formula is C33H41FN4O6S. The van der Waals surface area contributed by atoms with E-state index in [9.17, 15) is 27.8 Å². The van der Waals surface area contributed by atoms with Crippen LogP contribution in [0.5, 0.6) is 11.5 Å². The Kier molecular flexibility index (Phi) is 10.9. The van der Waals surface area contributed by atoms with Gasteiger partial charge in [0, 0.05) is 37.9 Å². The fraction of sp³-hybridized carbons (Fsp3) is 0.424. The molecule has 2 fully saturated rings. The maximum absolute atomic E-state index is 13.4. The lowest BCUT2D eigenvalue weighted by molar-refractivity contribution is -0.135. The van der Waals surface area contributed by atoms with E-state index in [4.69, 9.17) is 4.74 Å². The smallest absolute Gasteiger partial charge is 0.243 e. The number of hydrogen-bond acceptors (Lipinski definition) is 8. The van der Waals surface area contributed by atoms with Crippen LogP contribution in [0.25, 0.3) is 0 Å². The monoisotopic (exact) mass is 640 g/mol. The third-order valence-electron chi connectivity index (χ3n) is 8.29. The molecule has 0 spiro atoms. The number of phenols is 1. The number of benzene rings is 3. The first-order valence-electron chi connectivity index (χ1n) is 15.4. The van der Waals surface area contributed by atoms with Crippen molar-refractivity contribution < 1.29 is 32.6 Å². The number of ether oxygens (including phenoxy) is 1. The molecule has 2 unspecified atom stereocenters. The molecule has 2 atom stereocenters. The molecule has 1 amide bonds. The number of aliphatic hydroxyl groups is 1. The van der Waals surface area contributed by atoms with E-state index in [2.05, 4.69) is 22.8 Å². The molecule has 3 aromatic rings. The van der Waals surface area contributed by atoms with Crippen LogP contribution >= 0.6 is 0 Å². The van der Waals surface area contributed by atoms with Crippen molar-refractivity contribution in [3.05, 3.63) is 84.2 Å². The zero-order chi connectivity index (χ0) is 31.8. The van der Waals surface area contributed by atoms with E-state index < -0.39 is 28.0 Å². The lowest BCUT2D eigenvalue weighted by Crippen LogP contribution is -2.51. The van der Waals surface area contributed by atoms with Gasteiger partial charge in [-0.15, -0.1) is 0 Å². The normalized spacial score (nSPS) is 18.5. The van der Waals surface area contributed by atoms with Gasteiger partial charge in [0.25, 0.3) is 0 Å². The zero-order valence-electron chi connectivity index (χ0n) is 25.1. The van der Waals surface area contributed by atoms with Crippen LogP contribution < -0.4 is 15.4 Å². The van der Waals surface area contributed by atoms with Gasteiger partial charge in [0.1, 0.15) is 36.1 Å². The number of nitrogens with one attached hydrogen (secondary N) is 2. The number of halogens is 1. The maximum Gasteiger partial charge on any atom is 0.243 e. The van der Waals surface area contributed by atoms with Crippen LogP contribution in [0.2, 0.25) is 0 Å². The molecule has 4 N–H and O–H groups in total. The molecule has 0 aliphatic carbocycles. The molecule has 0 radical (unpaired) electrons. The molecule has 0 aromatic heterocycles. The number of nitrogens with zero attached hydrogens (tertiary/aromatic N) is 2. The van der Waals surface area contributed by atoms with E-state index in [1.807, 2.05) is 12.1 Å². The number of likely N-dealkylation sites (tertiary alicyclic amines) is 1. The zero-order valence-corrected chi connectivity index (χ0v) is 26.0. The van der Waals surface area contributed by atoms with Gasteiger partial charge in [0.05, 0.1) is 4.90 Å². The molecule has 2 heterocycles. The van der Waals surface area contributed by atoms with Crippen LogP contribution in [0.1, 0.15) is 31.2 Å². The van der Waals surface area contributed by atoms with Crippen LogP contribution in [-0.2, 0) is 21.2 Å². The first kappa shape index (κ1) is 32.7. The Morgan fingerprint density at radius 2 is 1.64 bits per heavy atom. The Morgan fingerprint density at radius 1 is 0.956 bits per heavy atom. The van der Waals surface area contributed by atoms with Crippen LogP contribution in [0.4, 0.5) is 10.1 Å². The molecule has 2 aliphatic heterocycles. The number of amides is 1. The number of aromatic hydroxyl groups is 1. The second-order valence-corrected chi connectivity index (χ2v) is 13.5. The lowest BCUT2D eigenvalue weighted by atomic mass is 10.0. The van der Waals surface area contributed by atoms with E-state index in [0.717, 1.165) is 37.1 Å². The number of aliphatic hydroxyl groups excluding tert-OH is 1. The molecule has 3 aromatic carbocycles. The van der Waals surface area contributed by atoms with Gasteiger partial charge in [0.15, 0.2) is 0 Å². The van der Waals surface area contributed by atoms with Gasteiger partial charge in [-0.2, -0.15) is 4.31 Å². The van der Waals surface area contributed by atoms with Crippen molar-refractivity contribution in [3.63, 3.8) is 0 Å². The number of sulfonamides is 1. The summed E-state index contributed by atoms with van der Waals surface area (Å²) in [6.07, 6.45) is 2.76. The summed E-state index contributed by atoms with van der Waals surface area (Å²) in [5.74, 6) is 0.0872. The predicted octanol–water partition coefficient (Wildman–Crippen LogP) is 3.36. The van der Waals surface area contributed by atoms with Gasteiger partial charge in [-0.1, -0.05) is 12.1 Å². The van der Waals surface area contributed by atoms with Gasteiger partial charge < -0.3 is 30.5 Å². The molecule has 242 valence electrons. The summed E-state index contributed by atoms with van der Waals surface area (Å²) in [6, 6.07) is 18.8. The molecule has 5 rings (SSSR count). The summed E-state index contributed by atoms with van der Waals surface area (Å²) < 4.78 is 46.5. The van der Waals surface area contributed by atoms with Crippen molar-refractivity contribution >= 4 is 21.6 Å². The van der Waals surface area contributed by atoms with Crippen molar-refractivity contribution in [3.8, 4) is 11.5 Å². The van der Waals surface area contributed by atoms with Crippen molar-refractivity contribution in [2.75, 3.05) is 44.6 Å². The molecule has 2 aliphatic rings. The predicted molar refractivity (Wildman–Crippen MR) is 169 cm³/mol. The first-order valence-corrected chi connectivity index (χ1v) is 16.9. The molecule has 0 bridgehead atoms. The Labute approximate surface area is 263 Å². The molecule has 10 nitrogen and oxygen atoms in total.